The van der Waals surface area contributed by atoms with E-state index in [4.69, 9.17) is 0 Å². The highest BCUT2D eigenvalue weighted by Gasteiger charge is 2.31. The van der Waals surface area contributed by atoms with Gasteiger partial charge in [0.1, 0.15) is 0 Å². The molecule has 0 aromatic heterocycles. The van der Waals surface area contributed by atoms with Crippen molar-refractivity contribution >= 4 is 5.91 Å². The second-order valence-electron chi connectivity index (χ2n) is 4.94. The lowest BCUT2D eigenvalue weighted by molar-refractivity contribution is -0.147. The molecule has 0 N–H and O–H groups in total. The number of nitrogens with zero attached hydrogens (tertiary/aromatic N) is 2. The van der Waals surface area contributed by atoms with Crippen molar-refractivity contribution in [3.05, 3.63) is 0 Å². The monoisotopic (exact) mass is 196 g/mol. The third kappa shape index (κ3) is 1.92. The van der Waals surface area contributed by atoms with Crippen LogP contribution in [0.3, 0.4) is 0 Å². The fourth-order valence-electron chi connectivity index (χ4n) is 2.76. The van der Waals surface area contributed by atoms with Crippen molar-refractivity contribution in [2.45, 2.75) is 33.1 Å². The predicted octanol–water partition coefficient (Wildman–Crippen LogP) is 1.50. The summed E-state index contributed by atoms with van der Waals surface area (Å²) in [5, 5.41) is 4.25. The van der Waals surface area contributed by atoms with E-state index in [1.807, 2.05) is 5.01 Å². The Balaban J connectivity index is 1.99. The van der Waals surface area contributed by atoms with Gasteiger partial charge < -0.3 is 0 Å². The van der Waals surface area contributed by atoms with Gasteiger partial charge in [-0.3, -0.25) is 9.80 Å². The SMILES string of the molecule is CC1CC(C)CN(N2CCCC2=O)C1. The largest absolute Gasteiger partial charge is 0.275 e. The number of hydrazine groups is 1. The lowest BCUT2D eigenvalue weighted by atomic mass is 9.93. The van der Waals surface area contributed by atoms with Gasteiger partial charge in [0.25, 0.3) is 0 Å². The van der Waals surface area contributed by atoms with Crippen LogP contribution in [0.2, 0.25) is 0 Å². The minimum absolute atomic E-state index is 0.325. The van der Waals surface area contributed by atoms with Gasteiger partial charge in [0, 0.05) is 26.1 Å². The summed E-state index contributed by atoms with van der Waals surface area (Å²) < 4.78 is 0. The lowest BCUT2D eigenvalue weighted by Crippen LogP contribution is -2.50. The molecule has 14 heavy (non-hydrogen) atoms. The molecule has 0 aromatic carbocycles. The van der Waals surface area contributed by atoms with Gasteiger partial charge in [0.15, 0.2) is 0 Å². The van der Waals surface area contributed by atoms with Crippen molar-refractivity contribution < 1.29 is 4.79 Å². The molecule has 2 fully saturated rings. The standard InChI is InChI=1S/C11H20N2O/c1-9-6-10(2)8-12(7-9)13-5-3-4-11(13)14/h9-10H,3-8H2,1-2H3. The number of amides is 1. The molecule has 0 radical (unpaired) electrons. The highest BCUT2D eigenvalue weighted by atomic mass is 16.2. The normalized spacial score (nSPS) is 35.3. The van der Waals surface area contributed by atoms with E-state index in [0.717, 1.165) is 44.3 Å². The molecule has 3 nitrogen and oxygen atoms in total. The Hall–Kier alpha value is -0.570. The average Bonchev–Trinajstić information content (AvgIpc) is 2.49. The average molecular weight is 196 g/mol. The molecule has 2 aliphatic heterocycles. The van der Waals surface area contributed by atoms with Gasteiger partial charge >= 0.3 is 0 Å². The second-order valence-corrected chi connectivity index (χ2v) is 4.94. The number of carbonyl (C=O) groups excluding carboxylic acids is 1. The van der Waals surface area contributed by atoms with Gasteiger partial charge in [-0.1, -0.05) is 13.8 Å². The molecular weight excluding hydrogens is 176 g/mol. The van der Waals surface area contributed by atoms with Crippen molar-refractivity contribution in [2.75, 3.05) is 19.6 Å². The van der Waals surface area contributed by atoms with Crippen LogP contribution < -0.4 is 0 Å². The summed E-state index contributed by atoms with van der Waals surface area (Å²) in [5.74, 6) is 1.78. The molecule has 1 amide bonds. The van der Waals surface area contributed by atoms with Gasteiger partial charge in [0.05, 0.1) is 0 Å². The molecule has 3 heteroatoms. The number of hydrogen-bond acceptors (Lipinski definition) is 2. The zero-order valence-corrected chi connectivity index (χ0v) is 9.20. The van der Waals surface area contributed by atoms with E-state index >= 15 is 0 Å². The number of rotatable bonds is 1. The third-order valence-corrected chi connectivity index (χ3v) is 3.24. The van der Waals surface area contributed by atoms with E-state index in [9.17, 15) is 4.79 Å². The Morgan fingerprint density at radius 3 is 2.36 bits per heavy atom. The Bertz CT molecular complexity index is 219. The van der Waals surface area contributed by atoms with Crippen LogP contribution >= 0.6 is 0 Å². The Morgan fingerprint density at radius 1 is 1.21 bits per heavy atom. The van der Waals surface area contributed by atoms with E-state index in [-0.39, 0.29) is 0 Å². The summed E-state index contributed by atoms with van der Waals surface area (Å²) in [4.78, 5) is 11.6. The van der Waals surface area contributed by atoms with Crippen molar-refractivity contribution in [1.82, 2.24) is 10.0 Å². The zero-order chi connectivity index (χ0) is 10.1. The van der Waals surface area contributed by atoms with Crippen molar-refractivity contribution in [3.63, 3.8) is 0 Å². The van der Waals surface area contributed by atoms with Crippen LogP contribution in [-0.4, -0.2) is 35.6 Å². The van der Waals surface area contributed by atoms with Crippen molar-refractivity contribution in [1.29, 1.82) is 0 Å². The predicted molar refractivity (Wildman–Crippen MR) is 55.5 cm³/mol. The molecule has 2 aliphatic rings. The zero-order valence-electron chi connectivity index (χ0n) is 9.20. The van der Waals surface area contributed by atoms with E-state index in [1.54, 1.807) is 0 Å². The molecule has 2 atom stereocenters. The smallest absolute Gasteiger partial charge is 0.236 e. The maximum Gasteiger partial charge on any atom is 0.236 e. The molecular formula is C11H20N2O. The summed E-state index contributed by atoms with van der Waals surface area (Å²) in [5.41, 5.74) is 0. The van der Waals surface area contributed by atoms with E-state index in [0.29, 0.717) is 5.91 Å². The van der Waals surface area contributed by atoms with Crippen LogP contribution in [0.15, 0.2) is 0 Å². The van der Waals surface area contributed by atoms with E-state index in [1.165, 1.54) is 6.42 Å². The summed E-state index contributed by atoms with van der Waals surface area (Å²) in [6, 6.07) is 0. The molecule has 80 valence electrons. The maximum absolute atomic E-state index is 11.6. The molecule has 0 bridgehead atoms. The van der Waals surface area contributed by atoms with Gasteiger partial charge in [-0.2, -0.15) is 0 Å². The Morgan fingerprint density at radius 2 is 1.86 bits per heavy atom. The van der Waals surface area contributed by atoms with Crippen molar-refractivity contribution in [3.8, 4) is 0 Å². The first kappa shape index (κ1) is 9.97. The molecule has 2 unspecified atom stereocenters. The Kier molecular flexibility index (Phi) is 2.77. The molecule has 2 heterocycles. The van der Waals surface area contributed by atoms with Gasteiger partial charge in [-0.05, 0) is 24.7 Å². The Labute approximate surface area is 86.0 Å². The first-order chi connectivity index (χ1) is 6.66. The lowest BCUT2D eigenvalue weighted by Gasteiger charge is -2.40. The first-order valence-electron chi connectivity index (χ1n) is 5.72. The topological polar surface area (TPSA) is 23.6 Å². The summed E-state index contributed by atoms with van der Waals surface area (Å²) in [7, 11) is 0. The molecule has 0 spiro atoms. The van der Waals surface area contributed by atoms with Crippen LogP contribution in [0.1, 0.15) is 33.1 Å². The van der Waals surface area contributed by atoms with Gasteiger partial charge in [-0.25, -0.2) is 5.01 Å². The minimum atomic E-state index is 0.325. The highest BCUT2D eigenvalue weighted by Crippen LogP contribution is 2.24. The first-order valence-corrected chi connectivity index (χ1v) is 5.72. The number of hydrogen-bond donors (Lipinski definition) is 0. The minimum Gasteiger partial charge on any atom is -0.275 e. The van der Waals surface area contributed by atoms with Crippen molar-refractivity contribution in [2.24, 2.45) is 11.8 Å². The molecule has 0 aliphatic carbocycles. The summed E-state index contributed by atoms with van der Waals surface area (Å²) in [6.45, 7) is 7.64. The third-order valence-electron chi connectivity index (χ3n) is 3.24. The molecule has 0 aromatic rings. The van der Waals surface area contributed by atoms with Crippen LogP contribution in [0.25, 0.3) is 0 Å². The van der Waals surface area contributed by atoms with E-state index in [2.05, 4.69) is 18.9 Å². The fourth-order valence-corrected chi connectivity index (χ4v) is 2.76. The van der Waals surface area contributed by atoms with Crippen LogP contribution in [0.4, 0.5) is 0 Å². The van der Waals surface area contributed by atoms with Gasteiger partial charge in [-0.15, -0.1) is 0 Å². The number of carbonyl (C=O) groups is 1. The summed E-state index contributed by atoms with van der Waals surface area (Å²) >= 11 is 0. The molecule has 2 rings (SSSR count). The maximum atomic E-state index is 11.6. The van der Waals surface area contributed by atoms with Gasteiger partial charge in [0.2, 0.25) is 5.91 Å². The van der Waals surface area contributed by atoms with Crippen LogP contribution in [0, 0.1) is 11.8 Å². The van der Waals surface area contributed by atoms with E-state index < -0.39 is 0 Å². The number of piperidine rings is 1. The van der Waals surface area contributed by atoms with Crippen LogP contribution in [-0.2, 0) is 4.79 Å². The highest BCUT2D eigenvalue weighted by molar-refractivity contribution is 5.77. The fraction of sp³-hybridized carbons (Fsp3) is 0.909. The molecule has 2 saturated heterocycles. The van der Waals surface area contributed by atoms with Crippen LogP contribution in [0.5, 0.6) is 0 Å². The molecule has 0 saturated carbocycles. The quantitative estimate of drug-likeness (QED) is 0.634. The second kappa shape index (κ2) is 3.89. The summed E-state index contributed by atoms with van der Waals surface area (Å²) in [6.07, 6.45) is 3.09.